The molecule has 1 rings (SSSR count). The summed E-state index contributed by atoms with van der Waals surface area (Å²) in [6.07, 6.45) is 1.02. The number of hydrogen-bond donors (Lipinski definition) is 1. The average Bonchev–Trinajstić information content (AvgIpc) is 1.31. The van der Waals surface area contributed by atoms with Gasteiger partial charge in [-0.25, -0.2) is 4.39 Å². The van der Waals surface area contributed by atoms with Crippen LogP contribution >= 0.6 is 12.4 Å². The van der Waals surface area contributed by atoms with E-state index in [1.807, 2.05) is 0 Å². The second-order valence-corrected chi connectivity index (χ2v) is 1.59. The summed E-state index contributed by atoms with van der Waals surface area (Å²) in [6, 6.07) is 0.199. The predicted molar refractivity (Wildman–Crippen MR) is 29.6 cm³/mol. The van der Waals surface area contributed by atoms with Gasteiger partial charge in [0.25, 0.3) is 0 Å². The molecule has 1 saturated heterocycles. The number of rotatable bonds is 1. The minimum Gasteiger partial charge on any atom is -0.311 e. The Kier molecular flexibility index (Phi) is 3.30. The molecule has 1 aliphatic heterocycles. The SMILES string of the molecule is Cl.FC[C@H]1CCN1. The summed E-state index contributed by atoms with van der Waals surface area (Å²) < 4.78 is 11.4. The minimum atomic E-state index is -0.194. The summed E-state index contributed by atoms with van der Waals surface area (Å²) in [4.78, 5) is 0. The highest BCUT2D eigenvalue weighted by atomic mass is 35.5. The largest absolute Gasteiger partial charge is 0.311 e. The number of nitrogens with one attached hydrogen (secondary N) is 1. The van der Waals surface area contributed by atoms with Gasteiger partial charge in [-0.2, -0.15) is 0 Å². The summed E-state index contributed by atoms with van der Waals surface area (Å²) in [6.45, 7) is 0.814. The highest BCUT2D eigenvalue weighted by Crippen LogP contribution is 2.00. The van der Waals surface area contributed by atoms with E-state index >= 15 is 0 Å². The Morgan fingerprint density at radius 1 is 1.71 bits per heavy atom. The van der Waals surface area contributed by atoms with Gasteiger partial charge in [-0.3, -0.25) is 0 Å². The molecule has 0 radical (unpaired) electrons. The number of hydrogen-bond acceptors (Lipinski definition) is 1. The first kappa shape index (κ1) is 7.18. The van der Waals surface area contributed by atoms with Crippen molar-refractivity contribution in [3.63, 3.8) is 0 Å². The third-order valence-corrected chi connectivity index (χ3v) is 1.11. The lowest BCUT2D eigenvalue weighted by molar-refractivity contribution is 0.291. The zero-order valence-electron chi connectivity index (χ0n) is 3.98. The Bertz CT molecular complexity index is 44.2. The standard InChI is InChI=1S/C4H8FN.ClH/c5-3-4-1-2-6-4;/h4,6H,1-3H2;1H/t4-;/m1./s1. The molecule has 0 aromatic carbocycles. The summed E-state index contributed by atoms with van der Waals surface area (Å²) in [5.74, 6) is 0. The maximum absolute atomic E-state index is 11.4. The van der Waals surface area contributed by atoms with Gasteiger partial charge in [-0.05, 0) is 13.0 Å². The molecule has 0 aliphatic carbocycles. The Morgan fingerprint density at radius 3 is 2.29 bits per heavy atom. The van der Waals surface area contributed by atoms with E-state index in [0.717, 1.165) is 13.0 Å². The van der Waals surface area contributed by atoms with Crippen LogP contribution in [0.5, 0.6) is 0 Å². The lowest BCUT2D eigenvalue weighted by Crippen LogP contribution is -2.44. The van der Waals surface area contributed by atoms with Crippen molar-refractivity contribution >= 4 is 12.4 Å². The lowest BCUT2D eigenvalue weighted by Gasteiger charge is -2.23. The van der Waals surface area contributed by atoms with E-state index in [1.165, 1.54) is 0 Å². The molecule has 7 heavy (non-hydrogen) atoms. The molecule has 0 aromatic rings. The molecule has 1 nitrogen and oxygen atoms in total. The first-order valence-electron chi connectivity index (χ1n) is 2.23. The molecule has 0 saturated carbocycles. The Hall–Kier alpha value is 0.180. The monoisotopic (exact) mass is 125 g/mol. The predicted octanol–water partition coefficient (Wildman–Crippen LogP) is 0.740. The molecule has 0 spiro atoms. The maximum Gasteiger partial charge on any atom is 0.105 e. The molecule has 1 atom stereocenters. The van der Waals surface area contributed by atoms with Gasteiger partial charge in [0.2, 0.25) is 0 Å². The number of alkyl halides is 1. The van der Waals surface area contributed by atoms with Gasteiger partial charge in [0.15, 0.2) is 0 Å². The lowest BCUT2D eigenvalue weighted by atomic mass is 10.1. The van der Waals surface area contributed by atoms with Crippen molar-refractivity contribution in [2.24, 2.45) is 0 Å². The van der Waals surface area contributed by atoms with E-state index in [0.29, 0.717) is 0 Å². The van der Waals surface area contributed by atoms with Crippen LogP contribution in [-0.4, -0.2) is 19.3 Å². The molecular formula is C4H9ClFN. The van der Waals surface area contributed by atoms with E-state index in [-0.39, 0.29) is 25.1 Å². The van der Waals surface area contributed by atoms with Gasteiger partial charge >= 0.3 is 0 Å². The molecule has 1 N–H and O–H groups in total. The molecule has 3 heteroatoms. The maximum atomic E-state index is 11.4. The van der Waals surface area contributed by atoms with Crippen LogP contribution in [0.3, 0.4) is 0 Å². The smallest absolute Gasteiger partial charge is 0.105 e. The van der Waals surface area contributed by atoms with Crippen LogP contribution < -0.4 is 5.32 Å². The summed E-state index contributed by atoms with van der Waals surface area (Å²) in [7, 11) is 0. The van der Waals surface area contributed by atoms with Crippen molar-refractivity contribution in [2.45, 2.75) is 12.5 Å². The quantitative estimate of drug-likeness (QED) is 0.545. The molecule has 1 heterocycles. The fraction of sp³-hybridized carbons (Fsp3) is 1.00. The first-order chi connectivity index (χ1) is 2.93. The summed E-state index contributed by atoms with van der Waals surface area (Å²) in [5.41, 5.74) is 0. The second kappa shape index (κ2) is 3.22. The van der Waals surface area contributed by atoms with Crippen molar-refractivity contribution < 1.29 is 4.39 Å². The molecular weight excluding hydrogens is 117 g/mol. The minimum absolute atomic E-state index is 0. The molecule has 0 aromatic heterocycles. The Balaban J connectivity index is 0.000000360. The van der Waals surface area contributed by atoms with E-state index in [1.54, 1.807) is 0 Å². The summed E-state index contributed by atoms with van der Waals surface area (Å²) in [5, 5.41) is 2.92. The van der Waals surface area contributed by atoms with Gasteiger partial charge in [0.05, 0.1) is 0 Å². The van der Waals surface area contributed by atoms with Crippen LogP contribution in [0.2, 0.25) is 0 Å². The normalized spacial score (nSPS) is 27.9. The highest BCUT2D eigenvalue weighted by Gasteiger charge is 2.14. The van der Waals surface area contributed by atoms with Crippen LogP contribution in [0.4, 0.5) is 4.39 Å². The van der Waals surface area contributed by atoms with Crippen LogP contribution in [0.25, 0.3) is 0 Å². The molecule has 0 unspecified atom stereocenters. The zero-order chi connectivity index (χ0) is 4.41. The van der Waals surface area contributed by atoms with Crippen LogP contribution in [0, 0.1) is 0 Å². The Labute approximate surface area is 48.7 Å². The highest BCUT2D eigenvalue weighted by molar-refractivity contribution is 5.85. The van der Waals surface area contributed by atoms with Gasteiger partial charge in [-0.15, -0.1) is 12.4 Å². The van der Waals surface area contributed by atoms with Crippen molar-refractivity contribution in [3.05, 3.63) is 0 Å². The van der Waals surface area contributed by atoms with Crippen molar-refractivity contribution in [3.8, 4) is 0 Å². The fourth-order valence-electron chi connectivity index (χ4n) is 0.480. The average molecular weight is 126 g/mol. The fourth-order valence-corrected chi connectivity index (χ4v) is 0.480. The van der Waals surface area contributed by atoms with Gasteiger partial charge in [0.1, 0.15) is 6.67 Å². The molecule has 1 aliphatic rings. The van der Waals surface area contributed by atoms with Gasteiger partial charge in [-0.1, -0.05) is 0 Å². The Morgan fingerprint density at radius 2 is 2.29 bits per heavy atom. The van der Waals surface area contributed by atoms with E-state index in [4.69, 9.17) is 0 Å². The second-order valence-electron chi connectivity index (χ2n) is 1.59. The third kappa shape index (κ3) is 1.61. The van der Waals surface area contributed by atoms with Crippen LogP contribution in [0.1, 0.15) is 6.42 Å². The van der Waals surface area contributed by atoms with Crippen LogP contribution in [0.15, 0.2) is 0 Å². The van der Waals surface area contributed by atoms with Crippen molar-refractivity contribution in [1.82, 2.24) is 5.32 Å². The van der Waals surface area contributed by atoms with Crippen molar-refractivity contribution in [1.29, 1.82) is 0 Å². The third-order valence-electron chi connectivity index (χ3n) is 1.11. The number of halogens is 2. The van der Waals surface area contributed by atoms with Gasteiger partial charge in [0, 0.05) is 6.04 Å². The van der Waals surface area contributed by atoms with E-state index in [9.17, 15) is 4.39 Å². The van der Waals surface area contributed by atoms with E-state index < -0.39 is 0 Å². The molecule has 0 bridgehead atoms. The van der Waals surface area contributed by atoms with Crippen LogP contribution in [-0.2, 0) is 0 Å². The van der Waals surface area contributed by atoms with E-state index in [2.05, 4.69) is 5.32 Å². The van der Waals surface area contributed by atoms with Crippen molar-refractivity contribution in [2.75, 3.05) is 13.2 Å². The first-order valence-corrected chi connectivity index (χ1v) is 2.23. The topological polar surface area (TPSA) is 12.0 Å². The zero-order valence-corrected chi connectivity index (χ0v) is 4.80. The van der Waals surface area contributed by atoms with Gasteiger partial charge < -0.3 is 5.32 Å². The summed E-state index contributed by atoms with van der Waals surface area (Å²) >= 11 is 0. The molecule has 0 amide bonds. The molecule has 1 fully saturated rings. The molecule has 44 valence electrons.